The van der Waals surface area contributed by atoms with Crippen LogP contribution >= 0.6 is 22.9 Å². The molecule has 2 aromatic heterocycles. The van der Waals surface area contributed by atoms with Crippen molar-refractivity contribution in [2.75, 3.05) is 10.6 Å². The fourth-order valence-corrected chi connectivity index (χ4v) is 3.60. The highest BCUT2D eigenvalue weighted by molar-refractivity contribution is 7.12. The number of benzene rings is 2. The lowest BCUT2D eigenvalue weighted by molar-refractivity contribution is 0.101. The smallest absolute Gasteiger partial charge is 0.265 e. The maximum Gasteiger partial charge on any atom is 0.265 e. The van der Waals surface area contributed by atoms with Crippen molar-refractivity contribution in [3.63, 3.8) is 0 Å². The van der Waals surface area contributed by atoms with Gasteiger partial charge in [0, 0.05) is 22.3 Å². The molecule has 4 rings (SSSR count). The van der Waals surface area contributed by atoms with E-state index in [0.717, 1.165) is 5.56 Å². The number of thiophene rings is 1. The number of carbonyl (C=O) groups is 2. The summed E-state index contributed by atoms with van der Waals surface area (Å²) in [5.74, 6) is 0.0756. The second kappa shape index (κ2) is 8.94. The summed E-state index contributed by atoms with van der Waals surface area (Å²) in [5.41, 5.74) is 1.99. The van der Waals surface area contributed by atoms with Gasteiger partial charge < -0.3 is 10.6 Å². The summed E-state index contributed by atoms with van der Waals surface area (Å²) < 4.78 is 1.70. The van der Waals surface area contributed by atoms with Crippen LogP contribution in [0.5, 0.6) is 0 Å². The summed E-state index contributed by atoms with van der Waals surface area (Å²) in [7, 11) is 0. The minimum absolute atomic E-state index is 0.205. The van der Waals surface area contributed by atoms with Gasteiger partial charge >= 0.3 is 0 Å². The third kappa shape index (κ3) is 4.76. The molecule has 0 saturated carbocycles. The molecule has 0 aliphatic carbocycles. The molecule has 0 aliphatic rings. The average Bonchev–Trinajstić information content (AvgIpc) is 3.43. The van der Waals surface area contributed by atoms with E-state index in [9.17, 15) is 9.59 Å². The van der Waals surface area contributed by atoms with Crippen LogP contribution in [0.4, 0.5) is 11.5 Å². The molecular formula is C22H17ClN4O2S. The van der Waals surface area contributed by atoms with Crippen LogP contribution in [-0.4, -0.2) is 21.6 Å². The van der Waals surface area contributed by atoms with Crippen LogP contribution < -0.4 is 10.6 Å². The monoisotopic (exact) mass is 436 g/mol. The van der Waals surface area contributed by atoms with Crippen LogP contribution in [0.1, 0.15) is 25.6 Å². The molecule has 150 valence electrons. The van der Waals surface area contributed by atoms with Gasteiger partial charge in [0.05, 0.1) is 17.6 Å². The average molecular weight is 437 g/mol. The fourth-order valence-electron chi connectivity index (χ4n) is 2.85. The normalized spacial score (nSPS) is 10.6. The van der Waals surface area contributed by atoms with E-state index in [-0.39, 0.29) is 11.8 Å². The van der Waals surface area contributed by atoms with Crippen LogP contribution in [0.25, 0.3) is 0 Å². The number of carbonyl (C=O) groups excluding carboxylic acids is 2. The Kier molecular flexibility index (Phi) is 5.92. The van der Waals surface area contributed by atoms with Crippen molar-refractivity contribution in [1.29, 1.82) is 0 Å². The minimum atomic E-state index is -0.292. The Labute approximate surface area is 182 Å². The van der Waals surface area contributed by atoms with E-state index in [0.29, 0.717) is 33.5 Å². The molecule has 0 aliphatic heterocycles. The molecule has 0 bridgehead atoms. The van der Waals surface area contributed by atoms with Crippen molar-refractivity contribution in [3.05, 3.63) is 99.3 Å². The molecule has 0 fully saturated rings. The maximum absolute atomic E-state index is 12.7. The Morgan fingerprint density at radius 1 is 0.967 bits per heavy atom. The topological polar surface area (TPSA) is 76.0 Å². The first kappa shape index (κ1) is 19.9. The van der Waals surface area contributed by atoms with Crippen LogP contribution in [0.15, 0.2) is 78.3 Å². The molecule has 2 heterocycles. The molecule has 4 aromatic rings. The van der Waals surface area contributed by atoms with E-state index >= 15 is 0 Å². The SMILES string of the molecule is O=C(Nc1ccnn1Cc1ccc(Cl)cc1)c1cccc(NC(=O)c2cccs2)c1. The Morgan fingerprint density at radius 3 is 2.57 bits per heavy atom. The lowest BCUT2D eigenvalue weighted by atomic mass is 10.2. The van der Waals surface area contributed by atoms with Crippen molar-refractivity contribution >= 4 is 46.3 Å². The third-order valence-corrected chi connectivity index (χ3v) is 5.45. The lowest BCUT2D eigenvalue weighted by Gasteiger charge is -2.10. The second-order valence-electron chi connectivity index (χ2n) is 6.47. The Bertz CT molecular complexity index is 1170. The van der Waals surface area contributed by atoms with Crippen molar-refractivity contribution in [2.45, 2.75) is 6.54 Å². The summed E-state index contributed by atoms with van der Waals surface area (Å²) in [6.07, 6.45) is 1.63. The van der Waals surface area contributed by atoms with Gasteiger partial charge in [-0.3, -0.25) is 9.59 Å². The Balaban J connectivity index is 1.45. The van der Waals surface area contributed by atoms with E-state index in [1.807, 2.05) is 35.7 Å². The zero-order valence-corrected chi connectivity index (χ0v) is 17.3. The fraction of sp³-hybridized carbons (Fsp3) is 0.0455. The maximum atomic E-state index is 12.7. The molecule has 2 N–H and O–H groups in total. The number of amides is 2. The highest BCUT2D eigenvalue weighted by atomic mass is 35.5. The van der Waals surface area contributed by atoms with Crippen LogP contribution in [0.2, 0.25) is 5.02 Å². The van der Waals surface area contributed by atoms with Gasteiger partial charge in [0.2, 0.25) is 0 Å². The Hall–Kier alpha value is -3.42. The van der Waals surface area contributed by atoms with E-state index in [1.54, 1.807) is 47.3 Å². The van der Waals surface area contributed by atoms with Gasteiger partial charge in [0.15, 0.2) is 0 Å². The molecule has 0 radical (unpaired) electrons. The summed E-state index contributed by atoms with van der Waals surface area (Å²) in [6, 6.07) is 19.5. The van der Waals surface area contributed by atoms with E-state index in [1.165, 1.54) is 11.3 Å². The predicted octanol–water partition coefficient (Wildman–Crippen LogP) is 5.15. The zero-order chi connectivity index (χ0) is 20.9. The van der Waals surface area contributed by atoms with Gasteiger partial charge in [0.1, 0.15) is 5.82 Å². The number of hydrogen-bond acceptors (Lipinski definition) is 4. The zero-order valence-electron chi connectivity index (χ0n) is 15.7. The van der Waals surface area contributed by atoms with Gasteiger partial charge in [0.25, 0.3) is 11.8 Å². The first-order chi connectivity index (χ1) is 14.6. The number of aromatic nitrogens is 2. The highest BCUT2D eigenvalue weighted by Gasteiger charge is 2.12. The van der Waals surface area contributed by atoms with Gasteiger partial charge in [-0.25, -0.2) is 4.68 Å². The van der Waals surface area contributed by atoms with Crippen molar-refractivity contribution < 1.29 is 9.59 Å². The van der Waals surface area contributed by atoms with Crippen LogP contribution in [0.3, 0.4) is 0 Å². The molecule has 8 heteroatoms. The molecule has 0 unspecified atom stereocenters. The summed E-state index contributed by atoms with van der Waals surface area (Å²) in [4.78, 5) is 25.6. The van der Waals surface area contributed by atoms with Crippen molar-refractivity contribution in [2.24, 2.45) is 0 Å². The number of halogens is 1. The number of hydrogen-bond donors (Lipinski definition) is 2. The molecule has 2 amide bonds. The molecule has 6 nitrogen and oxygen atoms in total. The van der Waals surface area contributed by atoms with Crippen LogP contribution in [0, 0.1) is 0 Å². The molecular weight excluding hydrogens is 420 g/mol. The molecule has 2 aromatic carbocycles. The third-order valence-electron chi connectivity index (χ3n) is 4.33. The molecule has 0 saturated heterocycles. The van der Waals surface area contributed by atoms with E-state index in [2.05, 4.69) is 15.7 Å². The van der Waals surface area contributed by atoms with Gasteiger partial charge in [-0.2, -0.15) is 5.10 Å². The quantitative estimate of drug-likeness (QED) is 0.438. The standard InChI is InChI=1S/C22H17ClN4O2S/c23-17-8-6-15(7-9-17)14-27-20(10-11-24-27)26-21(28)16-3-1-4-18(13-16)25-22(29)19-5-2-12-30-19/h1-13H,14H2,(H,25,29)(H,26,28). The number of nitrogens with zero attached hydrogens (tertiary/aromatic N) is 2. The number of anilines is 2. The van der Waals surface area contributed by atoms with E-state index < -0.39 is 0 Å². The Morgan fingerprint density at radius 2 is 1.80 bits per heavy atom. The highest BCUT2D eigenvalue weighted by Crippen LogP contribution is 2.17. The summed E-state index contributed by atoms with van der Waals surface area (Å²) >= 11 is 7.29. The van der Waals surface area contributed by atoms with Crippen LogP contribution in [-0.2, 0) is 6.54 Å². The van der Waals surface area contributed by atoms with Gasteiger partial charge in [-0.1, -0.05) is 35.9 Å². The predicted molar refractivity (Wildman–Crippen MR) is 119 cm³/mol. The first-order valence-corrected chi connectivity index (χ1v) is 10.4. The van der Waals surface area contributed by atoms with Gasteiger partial charge in [-0.05, 0) is 47.3 Å². The largest absolute Gasteiger partial charge is 0.321 e. The first-order valence-electron chi connectivity index (χ1n) is 9.11. The molecule has 0 atom stereocenters. The summed E-state index contributed by atoms with van der Waals surface area (Å²) in [6.45, 7) is 0.497. The van der Waals surface area contributed by atoms with Crippen molar-refractivity contribution in [1.82, 2.24) is 9.78 Å². The number of nitrogens with one attached hydrogen (secondary N) is 2. The molecule has 30 heavy (non-hydrogen) atoms. The van der Waals surface area contributed by atoms with E-state index in [4.69, 9.17) is 11.6 Å². The summed E-state index contributed by atoms with van der Waals surface area (Å²) in [5, 5.41) is 12.5. The number of rotatable bonds is 6. The molecule has 0 spiro atoms. The second-order valence-corrected chi connectivity index (χ2v) is 7.85. The van der Waals surface area contributed by atoms with Crippen molar-refractivity contribution in [3.8, 4) is 0 Å². The van der Waals surface area contributed by atoms with Gasteiger partial charge in [-0.15, -0.1) is 11.3 Å². The minimum Gasteiger partial charge on any atom is -0.321 e. The lowest BCUT2D eigenvalue weighted by Crippen LogP contribution is -2.17.